The van der Waals surface area contributed by atoms with E-state index >= 15 is 0 Å². The highest BCUT2D eigenvalue weighted by Gasteiger charge is 2.12. The highest BCUT2D eigenvalue weighted by Crippen LogP contribution is 2.33. The van der Waals surface area contributed by atoms with Gasteiger partial charge in [0.2, 0.25) is 5.88 Å². The second-order valence-electron chi connectivity index (χ2n) is 3.28. The fraction of sp³-hybridized carbons (Fsp3) is 0.0909. The predicted octanol–water partition coefficient (Wildman–Crippen LogP) is 1.65. The van der Waals surface area contributed by atoms with E-state index in [0.29, 0.717) is 6.54 Å². The lowest BCUT2D eigenvalue weighted by Gasteiger charge is -2.06. The molecule has 0 radical (unpaired) electrons. The molecule has 15 heavy (non-hydrogen) atoms. The summed E-state index contributed by atoms with van der Waals surface area (Å²) in [6.07, 6.45) is 0. The lowest BCUT2D eigenvalue weighted by atomic mass is 10.2. The van der Waals surface area contributed by atoms with Crippen molar-refractivity contribution in [2.45, 2.75) is 6.54 Å². The Labute approximate surface area is 86.7 Å². The molecule has 0 amide bonds. The summed E-state index contributed by atoms with van der Waals surface area (Å²) in [5.74, 6) is -0.798. The van der Waals surface area contributed by atoms with Crippen molar-refractivity contribution in [1.29, 1.82) is 0 Å². The number of nitrogens with zero attached hydrogens (tertiary/aromatic N) is 1. The lowest BCUT2D eigenvalue weighted by Crippen LogP contribution is -1.97. The first-order valence-corrected chi connectivity index (χ1v) is 4.53. The fourth-order valence-corrected chi connectivity index (χ4v) is 1.43. The second kappa shape index (κ2) is 3.57. The van der Waals surface area contributed by atoms with E-state index < -0.39 is 0 Å². The number of rotatable bonds is 2. The second-order valence-corrected chi connectivity index (χ2v) is 3.28. The molecule has 0 saturated carbocycles. The van der Waals surface area contributed by atoms with Gasteiger partial charge in [-0.05, 0) is 5.56 Å². The first-order valence-electron chi connectivity index (χ1n) is 4.53. The van der Waals surface area contributed by atoms with Crippen LogP contribution in [-0.4, -0.2) is 19.9 Å². The zero-order chi connectivity index (χ0) is 10.8. The van der Waals surface area contributed by atoms with Crippen LogP contribution in [-0.2, 0) is 6.54 Å². The van der Waals surface area contributed by atoms with Gasteiger partial charge in [-0.1, -0.05) is 30.3 Å². The highest BCUT2D eigenvalue weighted by atomic mass is 16.3. The van der Waals surface area contributed by atoms with Crippen molar-refractivity contribution in [1.82, 2.24) is 4.57 Å². The Balaban J connectivity index is 2.32. The first kappa shape index (κ1) is 9.45. The van der Waals surface area contributed by atoms with E-state index in [1.54, 1.807) is 0 Å². The van der Waals surface area contributed by atoms with E-state index in [9.17, 15) is 10.2 Å². The molecule has 2 aromatic rings. The topological polar surface area (TPSA) is 65.6 Å². The third-order valence-corrected chi connectivity index (χ3v) is 2.21. The van der Waals surface area contributed by atoms with Gasteiger partial charge in [0.1, 0.15) is 0 Å². The molecule has 4 heteroatoms. The van der Waals surface area contributed by atoms with Crippen molar-refractivity contribution >= 4 is 0 Å². The molecule has 0 unspecified atom stereocenters. The molecule has 0 saturated heterocycles. The van der Waals surface area contributed by atoms with Crippen LogP contribution in [0.3, 0.4) is 0 Å². The van der Waals surface area contributed by atoms with Crippen LogP contribution >= 0.6 is 0 Å². The maximum absolute atomic E-state index is 9.43. The number of aromatic hydroxyl groups is 3. The van der Waals surface area contributed by atoms with Crippen molar-refractivity contribution < 1.29 is 15.3 Å². The van der Waals surface area contributed by atoms with Crippen molar-refractivity contribution in [3.05, 3.63) is 42.0 Å². The van der Waals surface area contributed by atoms with Gasteiger partial charge in [-0.25, -0.2) is 0 Å². The largest absolute Gasteiger partial charge is 0.503 e. The molecule has 3 N–H and O–H groups in total. The Bertz CT molecular complexity index is 462. The normalized spacial score (nSPS) is 10.4. The van der Waals surface area contributed by atoms with E-state index in [-0.39, 0.29) is 17.5 Å². The van der Waals surface area contributed by atoms with Crippen molar-refractivity contribution in [2.75, 3.05) is 0 Å². The van der Waals surface area contributed by atoms with Gasteiger partial charge in [-0.2, -0.15) is 0 Å². The van der Waals surface area contributed by atoms with Gasteiger partial charge in [0, 0.05) is 6.07 Å². The molecule has 0 aliphatic rings. The summed E-state index contributed by atoms with van der Waals surface area (Å²) in [5.41, 5.74) is 0.929. The van der Waals surface area contributed by atoms with Gasteiger partial charge in [0.15, 0.2) is 11.6 Å². The van der Waals surface area contributed by atoms with Crippen LogP contribution in [0.5, 0.6) is 17.5 Å². The smallest absolute Gasteiger partial charge is 0.237 e. The van der Waals surface area contributed by atoms with Crippen molar-refractivity contribution in [3.63, 3.8) is 0 Å². The Morgan fingerprint density at radius 3 is 2.20 bits per heavy atom. The third-order valence-electron chi connectivity index (χ3n) is 2.21. The van der Waals surface area contributed by atoms with Crippen LogP contribution < -0.4 is 0 Å². The molecular weight excluding hydrogens is 194 g/mol. The Morgan fingerprint density at radius 1 is 1.00 bits per heavy atom. The zero-order valence-electron chi connectivity index (χ0n) is 7.96. The lowest BCUT2D eigenvalue weighted by molar-refractivity contribution is 0.358. The predicted molar refractivity (Wildman–Crippen MR) is 55.0 cm³/mol. The maximum atomic E-state index is 9.43. The quantitative estimate of drug-likeness (QED) is 0.698. The van der Waals surface area contributed by atoms with Crippen LogP contribution in [0.1, 0.15) is 5.56 Å². The summed E-state index contributed by atoms with van der Waals surface area (Å²) >= 11 is 0. The summed E-state index contributed by atoms with van der Waals surface area (Å²) in [6.45, 7) is 0.319. The summed E-state index contributed by atoms with van der Waals surface area (Å²) in [7, 11) is 0. The van der Waals surface area contributed by atoms with Crippen LogP contribution in [0.2, 0.25) is 0 Å². The molecule has 0 aliphatic carbocycles. The van der Waals surface area contributed by atoms with Gasteiger partial charge in [0.05, 0.1) is 6.54 Å². The molecular formula is C11H11NO3. The van der Waals surface area contributed by atoms with E-state index in [4.69, 9.17) is 5.11 Å². The Hall–Kier alpha value is -2.10. The number of hydrogen-bond acceptors (Lipinski definition) is 3. The molecule has 4 nitrogen and oxygen atoms in total. The van der Waals surface area contributed by atoms with Gasteiger partial charge in [-0.15, -0.1) is 0 Å². The zero-order valence-corrected chi connectivity index (χ0v) is 7.96. The summed E-state index contributed by atoms with van der Waals surface area (Å²) in [5, 5.41) is 28.0. The number of aromatic nitrogens is 1. The van der Waals surface area contributed by atoms with E-state index in [0.717, 1.165) is 11.6 Å². The summed E-state index contributed by atoms with van der Waals surface area (Å²) < 4.78 is 1.23. The monoisotopic (exact) mass is 205 g/mol. The van der Waals surface area contributed by atoms with Crippen molar-refractivity contribution in [2.24, 2.45) is 0 Å². The van der Waals surface area contributed by atoms with E-state index in [2.05, 4.69) is 0 Å². The minimum atomic E-state index is -0.323. The fourth-order valence-electron chi connectivity index (χ4n) is 1.43. The summed E-state index contributed by atoms with van der Waals surface area (Å²) in [6, 6.07) is 10.5. The Morgan fingerprint density at radius 2 is 1.67 bits per heavy atom. The minimum absolute atomic E-state index is 0.158. The van der Waals surface area contributed by atoms with E-state index in [1.807, 2.05) is 30.3 Å². The van der Waals surface area contributed by atoms with Crippen molar-refractivity contribution in [3.8, 4) is 17.5 Å². The van der Waals surface area contributed by atoms with Gasteiger partial charge < -0.3 is 15.3 Å². The van der Waals surface area contributed by atoms with Crippen LogP contribution in [0.25, 0.3) is 0 Å². The molecule has 0 bridgehead atoms. The van der Waals surface area contributed by atoms with Gasteiger partial charge in [0.25, 0.3) is 0 Å². The van der Waals surface area contributed by atoms with Crippen LogP contribution in [0.15, 0.2) is 36.4 Å². The van der Waals surface area contributed by atoms with Crippen LogP contribution in [0.4, 0.5) is 0 Å². The molecule has 1 aromatic carbocycles. The third kappa shape index (κ3) is 1.74. The molecule has 2 rings (SSSR count). The van der Waals surface area contributed by atoms with Gasteiger partial charge >= 0.3 is 0 Å². The van der Waals surface area contributed by atoms with Gasteiger partial charge in [-0.3, -0.25) is 4.57 Å². The van der Waals surface area contributed by atoms with E-state index in [1.165, 1.54) is 4.57 Å². The highest BCUT2D eigenvalue weighted by molar-refractivity contribution is 5.40. The molecule has 1 aromatic heterocycles. The number of hydrogen-bond donors (Lipinski definition) is 3. The Kier molecular flexibility index (Phi) is 2.25. The molecule has 78 valence electrons. The average Bonchev–Trinajstić information content (AvgIpc) is 2.47. The standard InChI is InChI=1S/C11H11NO3/c13-9-6-10(14)12(11(9)15)7-8-4-2-1-3-5-8/h1-6,13-15H,7H2. The molecule has 0 aliphatic heterocycles. The minimum Gasteiger partial charge on any atom is -0.503 e. The SMILES string of the molecule is Oc1cc(O)n(Cc2ccccc2)c1O. The summed E-state index contributed by atoms with van der Waals surface area (Å²) in [4.78, 5) is 0. The first-order chi connectivity index (χ1) is 7.18. The molecule has 0 spiro atoms. The number of benzene rings is 1. The maximum Gasteiger partial charge on any atom is 0.237 e. The van der Waals surface area contributed by atoms with Crippen LogP contribution in [0, 0.1) is 0 Å². The molecule has 0 fully saturated rings. The average molecular weight is 205 g/mol. The molecule has 0 atom stereocenters. The molecule has 1 heterocycles.